The number of hydroxylamine groups is 1. The van der Waals surface area contributed by atoms with E-state index in [1.165, 1.54) is 0 Å². The number of rotatable bonds is 0. The first-order chi connectivity index (χ1) is 4.38. The molecule has 50 valence electrons. The van der Waals surface area contributed by atoms with Gasteiger partial charge in [0.1, 0.15) is 18.8 Å². The van der Waals surface area contributed by atoms with Gasteiger partial charge in [-0.3, -0.25) is 9.63 Å². The standard InChI is InChI=1S/C5H7NO3/c7-3-1-8-4-2-9-6-5(3)4/h4-6H,1-2H2. The van der Waals surface area contributed by atoms with E-state index in [0.717, 1.165) is 0 Å². The van der Waals surface area contributed by atoms with Crippen LogP contribution in [0.15, 0.2) is 0 Å². The number of nitrogens with one attached hydrogen (secondary N) is 1. The molecule has 2 aliphatic heterocycles. The summed E-state index contributed by atoms with van der Waals surface area (Å²) in [6.07, 6.45) is -0.0301. The Balaban J connectivity index is 2.15. The molecule has 2 rings (SSSR count). The van der Waals surface area contributed by atoms with Crippen molar-refractivity contribution in [3.8, 4) is 0 Å². The molecular weight excluding hydrogens is 122 g/mol. The van der Waals surface area contributed by atoms with Gasteiger partial charge < -0.3 is 4.74 Å². The van der Waals surface area contributed by atoms with E-state index in [0.29, 0.717) is 6.61 Å². The van der Waals surface area contributed by atoms with E-state index >= 15 is 0 Å². The summed E-state index contributed by atoms with van der Waals surface area (Å²) >= 11 is 0. The Kier molecular flexibility index (Phi) is 1.05. The summed E-state index contributed by atoms with van der Waals surface area (Å²) in [5.74, 6) is 0.0949. The first kappa shape index (κ1) is 5.34. The van der Waals surface area contributed by atoms with Gasteiger partial charge >= 0.3 is 0 Å². The van der Waals surface area contributed by atoms with Crippen LogP contribution in [-0.2, 0) is 14.4 Å². The Hall–Kier alpha value is -0.450. The average Bonchev–Trinajstić information content (AvgIpc) is 2.35. The number of fused-ring (bicyclic) bond motifs is 1. The Morgan fingerprint density at radius 1 is 1.67 bits per heavy atom. The second-order valence-electron chi connectivity index (χ2n) is 2.22. The van der Waals surface area contributed by atoms with Crippen molar-refractivity contribution in [3.05, 3.63) is 0 Å². The summed E-state index contributed by atoms with van der Waals surface area (Å²) in [5.41, 5.74) is 2.59. The fraction of sp³-hybridized carbons (Fsp3) is 0.800. The van der Waals surface area contributed by atoms with E-state index in [4.69, 9.17) is 9.57 Å². The molecule has 0 aromatic rings. The summed E-state index contributed by atoms with van der Waals surface area (Å²) in [5, 5.41) is 0. The van der Waals surface area contributed by atoms with Gasteiger partial charge in [-0.05, 0) is 0 Å². The third-order valence-electron chi connectivity index (χ3n) is 1.62. The molecule has 0 bridgehead atoms. The number of ether oxygens (including phenoxy) is 1. The van der Waals surface area contributed by atoms with Crippen LogP contribution in [0.5, 0.6) is 0 Å². The smallest absolute Gasteiger partial charge is 0.180 e. The summed E-state index contributed by atoms with van der Waals surface area (Å²) in [7, 11) is 0. The highest BCUT2D eigenvalue weighted by atomic mass is 16.7. The zero-order chi connectivity index (χ0) is 6.27. The van der Waals surface area contributed by atoms with Crippen LogP contribution in [-0.4, -0.2) is 31.1 Å². The molecule has 2 atom stereocenters. The minimum atomic E-state index is -0.190. The highest BCUT2D eigenvalue weighted by molar-refractivity contribution is 5.87. The zero-order valence-corrected chi connectivity index (χ0v) is 4.79. The number of carbonyl (C=O) groups excluding carboxylic acids is 1. The molecule has 2 heterocycles. The Labute approximate surface area is 52.1 Å². The van der Waals surface area contributed by atoms with Crippen LogP contribution in [0.4, 0.5) is 0 Å². The van der Waals surface area contributed by atoms with Crippen LogP contribution in [0.25, 0.3) is 0 Å². The van der Waals surface area contributed by atoms with Gasteiger partial charge in [0.05, 0.1) is 6.61 Å². The van der Waals surface area contributed by atoms with Gasteiger partial charge in [0.25, 0.3) is 0 Å². The molecule has 0 aliphatic carbocycles. The Bertz CT molecular complexity index is 147. The molecule has 0 radical (unpaired) electrons. The molecule has 0 saturated carbocycles. The predicted octanol–water partition coefficient (Wildman–Crippen LogP) is -1.14. The van der Waals surface area contributed by atoms with Crippen molar-refractivity contribution in [2.24, 2.45) is 0 Å². The van der Waals surface area contributed by atoms with E-state index in [2.05, 4.69) is 5.48 Å². The molecule has 2 saturated heterocycles. The van der Waals surface area contributed by atoms with Crippen LogP contribution in [0, 0.1) is 0 Å². The van der Waals surface area contributed by atoms with Gasteiger partial charge in [-0.2, -0.15) is 5.48 Å². The topological polar surface area (TPSA) is 47.6 Å². The number of carbonyl (C=O) groups is 1. The minimum Gasteiger partial charge on any atom is -0.366 e. The lowest BCUT2D eigenvalue weighted by atomic mass is 10.2. The lowest BCUT2D eigenvalue weighted by Crippen LogP contribution is -2.32. The molecule has 2 fully saturated rings. The summed E-state index contributed by atoms with van der Waals surface area (Å²) < 4.78 is 5.05. The van der Waals surface area contributed by atoms with Gasteiger partial charge in [-0.15, -0.1) is 0 Å². The Morgan fingerprint density at radius 2 is 2.56 bits per heavy atom. The van der Waals surface area contributed by atoms with Crippen LogP contribution < -0.4 is 5.48 Å². The minimum absolute atomic E-state index is 0.0301. The van der Waals surface area contributed by atoms with Crippen LogP contribution in [0.2, 0.25) is 0 Å². The largest absolute Gasteiger partial charge is 0.366 e. The lowest BCUT2D eigenvalue weighted by molar-refractivity contribution is -0.121. The monoisotopic (exact) mass is 129 g/mol. The van der Waals surface area contributed by atoms with Gasteiger partial charge in [-0.25, -0.2) is 0 Å². The third-order valence-corrected chi connectivity index (χ3v) is 1.62. The summed E-state index contributed by atoms with van der Waals surface area (Å²) in [4.78, 5) is 15.6. The maximum atomic E-state index is 10.8. The maximum absolute atomic E-state index is 10.8. The molecule has 9 heavy (non-hydrogen) atoms. The normalized spacial score (nSPS) is 41.6. The van der Waals surface area contributed by atoms with E-state index in [1.807, 2.05) is 0 Å². The molecule has 4 heteroatoms. The Morgan fingerprint density at radius 3 is 3.33 bits per heavy atom. The highest BCUT2D eigenvalue weighted by Crippen LogP contribution is 2.14. The number of ketones is 1. The first-order valence-electron chi connectivity index (χ1n) is 2.89. The van der Waals surface area contributed by atoms with Crippen LogP contribution >= 0.6 is 0 Å². The molecule has 1 N–H and O–H groups in total. The first-order valence-corrected chi connectivity index (χ1v) is 2.89. The van der Waals surface area contributed by atoms with Gasteiger partial charge in [0, 0.05) is 0 Å². The predicted molar refractivity (Wildman–Crippen MR) is 27.6 cm³/mol. The van der Waals surface area contributed by atoms with Crippen molar-refractivity contribution in [1.82, 2.24) is 5.48 Å². The summed E-state index contributed by atoms with van der Waals surface area (Å²) in [6, 6.07) is -0.190. The molecule has 0 aromatic carbocycles. The van der Waals surface area contributed by atoms with E-state index < -0.39 is 0 Å². The van der Waals surface area contributed by atoms with Crippen molar-refractivity contribution in [2.75, 3.05) is 13.2 Å². The molecule has 0 aromatic heterocycles. The third kappa shape index (κ3) is 0.676. The molecule has 4 nitrogen and oxygen atoms in total. The fourth-order valence-corrected chi connectivity index (χ4v) is 1.09. The molecule has 2 unspecified atom stereocenters. The number of Topliss-reactive ketones (excluding diaryl/α,β-unsaturated/α-hetero) is 1. The SMILES string of the molecule is O=C1COC2CONC12. The maximum Gasteiger partial charge on any atom is 0.180 e. The quantitative estimate of drug-likeness (QED) is 0.449. The molecule has 2 aliphatic rings. The molecular formula is C5H7NO3. The second kappa shape index (κ2) is 1.76. The number of hydrogen-bond donors (Lipinski definition) is 1. The summed E-state index contributed by atoms with van der Waals surface area (Å²) in [6.45, 7) is 0.738. The van der Waals surface area contributed by atoms with Crippen molar-refractivity contribution >= 4 is 5.78 Å². The van der Waals surface area contributed by atoms with E-state index in [9.17, 15) is 4.79 Å². The highest BCUT2D eigenvalue weighted by Gasteiger charge is 2.40. The van der Waals surface area contributed by atoms with E-state index in [1.54, 1.807) is 0 Å². The van der Waals surface area contributed by atoms with Gasteiger partial charge in [0.15, 0.2) is 5.78 Å². The number of hydrogen-bond acceptors (Lipinski definition) is 4. The van der Waals surface area contributed by atoms with Crippen molar-refractivity contribution in [2.45, 2.75) is 12.1 Å². The van der Waals surface area contributed by atoms with Gasteiger partial charge in [-0.1, -0.05) is 0 Å². The molecule has 0 spiro atoms. The van der Waals surface area contributed by atoms with Crippen molar-refractivity contribution in [1.29, 1.82) is 0 Å². The van der Waals surface area contributed by atoms with Crippen molar-refractivity contribution in [3.63, 3.8) is 0 Å². The lowest BCUT2D eigenvalue weighted by Gasteiger charge is -1.99. The van der Waals surface area contributed by atoms with Crippen LogP contribution in [0.3, 0.4) is 0 Å². The van der Waals surface area contributed by atoms with Crippen LogP contribution in [0.1, 0.15) is 0 Å². The molecule has 0 amide bonds. The fourth-order valence-electron chi connectivity index (χ4n) is 1.09. The zero-order valence-electron chi connectivity index (χ0n) is 4.79. The second-order valence-corrected chi connectivity index (χ2v) is 2.22. The van der Waals surface area contributed by atoms with Gasteiger partial charge in [0.2, 0.25) is 0 Å². The average molecular weight is 129 g/mol. The van der Waals surface area contributed by atoms with Crippen molar-refractivity contribution < 1.29 is 14.4 Å². The van der Waals surface area contributed by atoms with E-state index in [-0.39, 0.29) is 24.5 Å².